The van der Waals surface area contributed by atoms with Gasteiger partial charge in [0, 0.05) is 23.7 Å². The van der Waals surface area contributed by atoms with Gasteiger partial charge in [-0.15, -0.1) is 0 Å². The highest BCUT2D eigenvalue weighted by molar-refractivity contribution is 7.59. The van der Waals surface area contributed by atoms with Crippen molar-refractivity contribution >= 4 is 36.3 Å². The monoisotopic (exact) mass is 279 g/mol. The summed E-state index contributed by atoms with van der Waals surface area (Å²) in [7, 11) is 0. The van der Waals surface area contributed by atoms with Crippen molar-refractivity contribution in [2.75, 3.05) is 0 Å². The lowest BCUT2D eigenvalue weighted by atomic mass is 10.2. The molecule has 100 valence electrons. The summed E-state index contributed by atoms with van der Waals surface area (Å²) in [6.45, 7) is 0. The van der Waals surface area contributed by atoms with E-state index in [0.717, 1.165) is 5.52 Å². The van der Waals surface area contributed by atoms with Crippen LogP contribution in [0.3, 0.4) is 0 Å². The first kappa shape index (κ1) is 16.7. The summed E-state index contributed by atoms with van der Waals surface area (Å²) in [6.07, 6.45) is 2.92. The second-order valence-corrected chi connectivity index (χ2v) is 3.21. The quantitative estimate of drug-likeness (QED) is 0.822. The Hall–Kier alpha value is -2.34. The summed E-state index contributed by atoms with van der Waals surface area (Å²) in [4.78, 5) is 23.3. The molecule has 19 heavy (non-hydrogen) atoms. The van der Waals surface area contributed by atoms with Gasteiger partial charge in [-0.05, 0) is 12.1 Å². The topological polar surface area (TPSA) is 87.5 Å². The third-order valence-electron chi connectivity index (χ3n) is 1.88. The lowest BCUT2D eigenvalue weighted by Gasteiger charge is -1.91. The summed E-state index contributed by atoms with van der Waals surface area (Å²) < 4.78 is 0. The SMILES string of the molecule is O=C(O)/C=C/C(=O)O.S.c1ccc2ncccc2c1. The Bertz CT molecular complexity index is 502. The van der Waals surface area contributed by atoms with Crippen molar-refractivity contribution in [2.45, 2.75) is 0 Å². The van der Waals surface area contributed by atoms with E-state index in [2.05, 4.69) is 17.1 Å². The van der Waals surface area contributed by atoms with Crippen LogP contribution in [-0.2, 0) is 9.59 Å². The van der Waals surface area contributed by atoms with Crippen molar-refractivity contribution in [1.29, 1.82) is 0 Å². The Morgan fingerprint density at radius 3 is 2.00 bits per heavy atom. The molecule has 0 aliphatic carbocycles. The number of carboxylic acids is 2. The highest BCUT2D eigenvalue weighted by Crippen LogP contribution is 2.07. The number of carboxylic acid groups (broad SMARTS) is 2. The van der Waals surface area contributed by atoms with E-state index in [1.54, 1.807) is 0 Å². The second-order valence-electron chi connectivity index (χ2n) is 3.21. The summed E-state index contributed by atoms with van der Waals surface area (Å²) in [5.74, 6) is -2.51. The van der Waals surface area contributed by atoms with E-state index in [1.165, 1.54) is 5.39 Å². The Morgan fingerprint density at radius 2 is 1.47 bits per heavy atom. The van der Waals surface area contributed by atoms with Crippen LogP contribution in [0.5, 0.6) is 0 Å². The zero-order valence-corrected chi connectivity index (χ0v) is 10.9. The first-order valence-electron chi connectivity index (χ1n) is 5.03. The van der Waals surface area contributed by atoms with Crippen molar-refractivity contribution in [2.24, 2.45) is 0 Å². The molecule has 0 spiro atoms. The fourth-order valence-corrected chi connectivity index (χ4v) is 1.16. The molecule has 0 saturated carbocycles. The first-order chi connectivity index (χ1) is 8.59. The van der Waals surface area contributed by atoms with Crippen molar-refractivity contribution in [3.05, 3.63) is 54.7 Å². The van der Waals surface area contributed by atoms with E-state index in [9.17, 15) is 9.59 Å². The van der Waals surface area contributed by atoms with E-state index in [0.29, 0.717) is 12.2 Å². The molecule has 2 rings (SSSR count). The molecule has 1 aromatic heterocycles. The Kier molecular flexibility index (Phi) is 7.64. The molecule has 2 N–H and O–H groups in total. The van der Waals surface area contributed by atoms with E-state index < -0.39 is 11.9 Å². The number of benzene rings is 1. The maximum Gasteiger partial charge on any atom is 0.328 e. The summed E-state index contributed by atoms with van der Waals surface area (Å²) >= 11 is 0. The number of hydrogen-bond acceptors (Lipinski definition) is 3. The molecule has 0 aliphatic rings. The number of nitrogens with zero attached hydrogens (tertiary/aromatic N) is 1. The highest BCUT2D eigenvalue weighted by atomic mass is 32.1. The molecular formula is C13H13NO4S. The molecule has 6 heteroatoms. The average Bonchev–Trinajstić information content (AvgIpc) is 2.37. The zero-order valence-electron chi connectivity index (χ0n) is 9.85. The highest BCUT2D eigenvalue weighted by Gasteiger charge is 1.88. The van der Waals surface area contributed by atoms with Crippen molar-refractivity contribution < 1.29 is 19.8 Å². The molecule has 0 radical (unpaired) electrons. The minimum absolute atomic E-state index is 0. The predicted octanol–water partition coefficient (Wildman–Crippen LogP) is 2.06. The van der Waals surface area contributed by atoms with Gasteiger partial charge in [0.15, 0.2) is 0 Å². The van der Waals surface area contributed by atoms with Gasteiger partial charge in [0.05, 0.1) is 5.52 Å². The van der Waals surface area contributed by atoms with Gasteiger partial charge in [-0.1, -0.05) is 24.3 Å². The van der Waals surface area contributed by atoms with Crippen LogP contribution in [0.2, 0.25) is 0 Å². The summed E-state index contributed by atoms with van der Waals surface area (Å²) in [5, 5.41) is 16.8. The van der Waals surface area contributed by atoms with E-state index in [1.807, 2.05) is 30.5 Å². The smallest absolute Gasteiger partial charge is 0.328 e. The van der Waals surface area contributed by atoms with Gasteiger partial charge in [0.1, 0.15) is 0 Å². The molecule has 1 aromatic carbocycles. The van der Waals surface area contributed by atoms with E-state index in [-0.39, 0.29) is 13.5 Å². The van der Waals surface area contributed by atoms with Gasteiger partial charge in [0.25, 0.3) is 0 Å². The van der Waals surface area contributed by atoms with Crippen LogP contribution < -0.4 is 0 Å². The van der Waals surface area contributed by atoms with Gasteiger partial charge in [-0.25, -0.2) is 9.59 Å². The summed E-state index contributed by atoms with van der Waals surface area (Å²) in [5.41, 5.74) is 1.06. The predicted molar refractivity (Wildman–Crippen MR) is 76.5 cm³/mol. The average molecular weight is 279 g/mol. The van der Waals surface area contributed by atoms with Crippen LogP contribution in [-0.4, -0.2) is 27.1 Å². The number of hydrogen-bond donors (Lipinski definition) is 2. The molecule has 0 saturated heterocycles. The van der Waals surface area contributed by atoms with Crippen LogP contribution >= 0.6 is 13.5 Å². The lowest BCUT2D eigenvalue weighted by Crippen LogP contribution is -1.91. The number of pyridine rings is 1. The van der Waals surface area contributed by atoms with Crippen molar-refractivity contribution in [1.82, 2.24) is 4.98 Å². The standard InChI is InChI=1S/C9H7N.C4H4O4.H2S/c1-2-6-9-8(4-1)5-3-7-10-9;5-3(6)1-2-4(7)8;/h1-7H;1-2H,(H,5,6)(H,7,8);1H2/b;2-1+;. The number of rotatable bonds is 2. The molecule has 0 atom stereocenters. The largest absolute Gasteiger partial charge is 0.478 e. The van der Waals surface area contributed by atoms with Gasteiger partial charge < -0.3 is 10.2 Å². The van der Waals surface area contributed by atoms with Gasteiger partial charge >= 0.3 is 11.9 Å². The molecular weight excluding hydrogens is 266 g/mol. The van der Waals surface area contributed by atoms with Crippen LogP contribution in [0.1, 0.15) is 0 Å². The molecule has 0 bridgehead atoms. The minimum atomic E-state index is -1.26. The third-order valence-corrected chi connectivity index (χ3v) is 1.88. The van der Waals surface area contributed by atoms with Crippen LogP contribution in [0.15, 0.2) is 54.7 Å². The molecule has 5 nitrogen and oxygen atoms in total. The number of fused-ring (bicyclic) bond motifs is 1. The van der Waals surface area contributed by atoms with Crippen LogP contribution in [0, 0.1) is 0 Å². The molecule has 0 aliphatic heterocycles. The molecule has 0 fully saturated rings. The number of para-hydroxylation sites is 1. The third kappa shape index (κ3) is 6.85. The molecule has 1 heterocycles. The van der Waals surface area contributed by atoms with Crippen LogP contribution in [0.4, 0.5) is 0 Å². The molecule has 0 amide bonds. The maximum absolute atomic E-state index is 9.55. The number of aromatic nitrogens is 1. The Balaban J connectivity index is 0.000000335. The van der Waals surface area contributed by atoms with Gasteiger partial charge in [0.2, 0.25) is 0 Å². The Morgan fingerprint density at radius 1 is 0.947 bits per heavy atom. The first-order valence-corrected chi connectivity index (χ1v) is 5.03. The number of carbonyl (C=O) groups is 2. The van der Waals surface area contributed by atoms with E-state index in [4.69, 9.17) is 10.2 Å². The van der Waals surface area contributed by atoms with Crippen LogP contribution in [0.25, 0.3) is 10.9 Å². The fraction of sp³-hybridized carbons (Fsp3) is 0. The normalized spacial score (nSPS) is 9.26. The van der Waals surface area contributed by atoms with Gasteiger partial charge in [-0.2, -0.15) is 13.5 Å². The molecule has 0 unspecified atom stereocenters. The van der Waals surface area contributed by atoms with Crippen molar-refractivity contribution in [3.8, 4) is 0 Å². The molecule has 2 aromatic rings. The van der Waals surface area contributed by atoms with Crippen molar-refractivity contribution in [3.63, 3.8) is 0 Å². The Labute approximate surface area is 116 Å². The number of aliphatic carboxylic acids is 2. The maximum atomic E-state index is 9.55. The van der Waals surface area contributed by atoms with E-state index >= 15 is 0 Å². The minimum Gasteiger partial charge on any atom is -0.478 e. The zero-order chi connectivity index (χ0) is 13.4. The summed E-state index contributed by atoms with van der Waals surface area (Å²) in [6, 6.07) is 12.1. The fourth-order valence-electron chi connectivity index (χ4n) is 1.16. The second kappa shape index (κ2) is 8.71. The lowest BCUT2D eigenvalue weighted by molar-refractivity contribution is -0.134. The van der Waals surface area contributed by atoms with Gasteiger partial charge in [-0.3, -0.25) is 4.98 Å².